The van der Waals surface area contributed by atoms with Crippen molar-refractivity contribution in [3.05, 3.63) is 65.7 Å². The molecule has 7 heteroatoms. The summed E-state index contributed by atoms with van der Waals surface area (Å²) in [6.45, 7) is 10.4. The number of benzene rings is 2. The first-order valence-corrected chi connectivity index (χ1v) is 13.4. The van der Waals surface area contributed by atoms with E-state index in [4.69, 9.17) is 9.47 Å². The first-order valence-electron chi connectivity index (χ1n) is 13.4. The number of fused-ring (bicyclic) bond motifs is 1. The molecule has 0 radical (unpaired) electrons. The van der Waals surface area contributed by atoms with Gasteiger partial charge in [-0.15, -0.1) is 0 Å². The first kappa shape index (κ1) is 29.3. The van der Waals surface area contributed by atoms with Crippen molar-refractivity contribution in [3.63, 3.8) is 0 Å². The van der Waals surface area contributed by atoms with Crippen LogP contribution >= 0.6 is 0 Å². The summed E-state index contributed by atoms with van der Waals surface area (Å²) in [7, 11) is 0. The summed E-state index contributed by atoms with van der Waals surface area (Å²) in [6.07, 6.45) is 1.01. The molecule has 0 saturated heterocycles. The molecule has 1 unspecified atom stereocenters. The lowest BCUT2D eigenvalue weighted by molar-refractivity contribution is -0.196. The van der Waals surface area contributed by atoms with Gasteiger partial charge in [0.15, 0.2) is 0 Å². The van der Waals surface area contributed by atoms with Crippen LogP contribution in [0.25, 0.3) is 22.2 Å². The predicted molar refractivity (Wildman–Crippen MR) is 146 cm³/mol. The lowest BCUT2D eigenvalue weighted by Crippen LogP contribution is -2.33. The van der Waals surface area contributed by atoms with Gasteiger partial charge in [-0.25, -0.2) is 4.79 Å². The van der Waals surface area contributed by atoms with E-state index in [-0.39, 0.29) is 5.57 Å². The Morgan fingerprint density at radius 3 is 2.42 bits per heavy atom. The van der Waals surface area contributed by atoms with Crippen molar-refractivity contribution < 1.29 is 27.4 Å². The number of alkyl halides is 3. The number of esters is 1. The Labute approximate surface area is 223 Å². The quantitative estimate of drug-likeness (QED) is 0.127. The lowest BCUT2D eigenvalue weighted by atomic mass is 9.97. The van der Waals surface area contributed by atoms with Gasteiger partial charge in [0.25, 0.3) is 0 Å². The summed E-state index contributed by atoms with van der Waals surface area (Å²) >= 11 is 0. The van der Waals surface area contributed by atoms with Crippen molar-refractivity contribution in [3.8, 4) is 17.0 Å². The van der Waals surface area contributed by atoms with Gasteiger partial charge in [-0.2, -0.15) is 13.2 Å². The minimum Gasteiger partial charge on any atom is -0.493 e. The van der Waals surface area contributed by atoms with Crippen LogP contribution in [-0.2, 0) is 28.9 Å². The second-order valence-electron chi connectivity index (χ2n) is 9.72. The van der Waals surface area contributed by atoms with Crippen LogP contribution < -0.4 is 4.74 Å². The van der Waals surface area contributed by atoms with Crippen LogP contribution in [0.4, 0.5) is 13.2 Å². The molecule has 206 valence electrons. The molecule has 2 aromatic carbocycles. The number of halogens is 3. The minimum atomic E-state index is -4.57. The zero-order chi connectivity index (χ0) is 27.9. The molecule has 3 aromatic rings. The maximum absolute atomic E-state index is 13.5. The van der Waals surface area contributed by atoms with Gasteiger partial charge in [0.2, 0.25) is 0 Å². The van der Waals surface area contributed by atoms with Gasteiger partial charge < -0.3 is 14.0 Å². The summed E-state index contributed by atoms with van der Waals surface area (Å²) in [5, 5.41) is 0.992. The number of aryl methyl sites for hydroxylation is 3. The number of ether oxygens (including phenoxy) is 2. The van der Waals surface area contributed by atoms with E-state index in [1.165, 1.54) is 42.9 Å². The number of carbonyl (C=O) groups excluding carboxylic acids is 1. The summed E-state index contributed by atoms with van der Waals surface area (Å²) in [6, 6.07) is 14.1. The van der Waals surface area contributed by atoms with Crippen molar-refractivity contribution >= 4 is 16.9 Å². The lowest BCUT2D eigenvalue weighted by Gasteiger charge is -2.20. The summed E-state index contributed by atoms with van der Waals surface area (Å²) in [5.74, 6) is -2.47. The Morgan fingerprint density at radius 1 is 1.03 bits per heavy atom. The van der Waals surface area contributed by atoms with E-state index in [1.54, 1.807) is 12.1 Å². The molecule has 3 rings (SSSR count). The molecular formula is C31H38F3NO3. The second-order valence-corrected chi connectivity index (χ2v) is 9.72. The normalized spacial score (nSPS) is 12.5. The van der Waals surface area contributed by atoms with Crippen LogP contribution in [0.5, 0.6) is 5.75 Å². The molecule has 0 bridgehead atoms. The van der Waals surface area contributed by atoms with Crippen molar-refractivity contribution in [2.24, 2.45) is 5.92 Å². The average Bonchev–Trinajstić information content (AvgIpc) is 3.25. The van der Waals surface area contributed by atoms with Crippen LogP contribution in [0.2, 0.25) is 0 Å². The Morgan fingerprint density at radius 2 is 1.79 bits per heavy atom. The topological polar surface area (TPSA) is 40.5 Å². The molecule has 1 heterocycles. The van der Waals surface area contributed by atoms with Gasteiger partial charge >= 0.3 is 12.1 Å². The fourth-order valence-corrected chi connectivity index (χ4v) is 4.55. The number of rotatable bonds is 13. The fourth-order valence-electron chi connectivity index (χ4n) is 4.55. The maximum atomic E-state index is 13.5. The number of hydrogen-bond acceptors (Lipinski definition) is 3. The summed E-state index contributed by atoms with van der Waals surface area (Å²) in [5.41, 5.74) is 5.82. The molecule has 0 fully saturated rings. The molecule has 0 aliphatic rings. The monoisotopic (exact) mass is 529 g/mol. The molecule has 0 amide bonds. The number of aromatic nitrogens is 1. The molecule has 0 aliphatic carbocycles. The highest BCUT2D eigenvalue weighted by molar-refractivity contribution is 5.89. The number of hydrogen-bond donors (Lipinski definition) is 0. The zero-order valence-corrected chi connectivity index (χ0v) is 22.8. The summed E-state index contributed by atoms with van der Waals surface area (Å²) in [4.78, 5) is 11.6. The van der Waals surface area contributed by atoms with E-state index in [2.05, 4.69) is 56.2 Å². The molecule has 38 heavy (non-hydrogen) atoms. The van der Waals surface area contributed by atoms with Gasteiger partial charge in [-0.1, -0.05) is 51.5 Å². The van der Waals surface area contributed by atoms with Crippen LogP contribution in [-0.4, -0.2) is 29.9 Å². The minimum absolute atomic E-state index is 0.0470. The van der Waals surface area contributed by atoms with E-state index in [1.807, 2.05) is 6.07 Å². The zero-order valence-electron chi connectivity index (χ0n) is 22.8. The molecule has 0 aliphatic heterocycles. The standard InChI is InChI=1S/C31H38F3NO3/c1-6-9-10-11-22-12-15-27(23(7-2)16-22)29-17-24-13-14-26(18-28(24)35(29)8-3)37-19-25(31(32,33)34)20-38-30(36)21(4)5/h12-18,25H,4,6-11,19-20H2,1-3,5H3. The third-order valence-electron chi connectivity index (χ3n) is 6.77. The van der Waals surface area contributed by atoms with E-state index in [0.717, 1.165) is 29.4 Å². The van der Waals surface area contributed by atoms with Gasteiger partial charge in [0.05, 0.1) is 5.52 Å². The van der Waals surface area contributed by atoms with Crippen molar-refractivity contribution in [1.29, 1.82) is 0 Å². The highest BCUT2D eigenvalue weighted by Gasteiger charge is 2.41. The maximum Gasteiger partial charge on any atom is 0.398 e. The summed E-state index contributed by atoms with van der Waals surface area (Å²) < 4.78 is 53.1. The van der Waals surface area contributed by atoms with E-state index >= 15 is 0 Å². The van der Waals surface area contributed by atoms with Crippen LogP contribution in [0, 0.1) is 5.92 Å². The molecule has 1 atom stereocenters. The predicted octanol–water partition coefficient (Wildman–Crippen LogP) is 8.30. The largest absolute Gasteiger partial charge is 0.493 e. The first-order chi connectivity index (χ1) is 18.1. The van der Waals surface area contributed by atoms with E-state index in [0.29, 0.717) is 12.3 Å². The molecule has 1 aromatic heterocycles. The molecule has 4 nitrogen and oxygen atoms in total. The van der Waals surface area contributed by atoms with Crippen molar-refractivity contribution in [2.45, 2.75) is 72.5 Å². The van der Waals surface area contributed by atoms with Gasteiger partial charge in [0, 0.05) is 34.8 Å². The Kier molecular flexibility index (Phi) is 10.1. The Bertz CT molecular complexity index is 1260. The van der Waals surface area contributed by atoms with E-state index in [9.17, 15) is 18.0 Å². The molecular weight excluding hydrogens is 491 g/mol. The van der Waals surface area contributed by atoms with Gasteiger partial charge in [-0.05, 0) is 62.4 Å². The third kappa shape index (κ3) is 7.21. The van der Waals surface area contributed by atoms with Crippen LogP contribution in [0.1, 0.15) is 58.1 Å². The highest BCUT2D eigenvalue weighted by atomic mass is 19.4. The molecule has 0 N–H and O–H groups in total. The Balaban J connectivity index is 1.85. The van der Waals surface area contributed by atoms with Crippen LogP contribution in [0.15, 0.2) is 54.6 Å². The fraction of sp³-hybridized carbons (Fsp3) is 0.452. The van der Waals surface area contributed by atoms with Crippen LogP contribution in [0.3, 0.4) is 0 Å². The number of carbonyl (C=O) groups is 1. The molecule has 0 spiro atoms. The van der Waals surface area contributed by atoms with Crippen molar-refractivity contribution in [1.82, 2.24) is 4.57 Å². The number of nitrogens with zero attached hydrogens (tertiary/aromatic N) is 1. The van der Waals surface area contributed by atoms with Gasteiger partial charge in [0.1, 0.15) is 24.9 Å². The van der Waals surface area contributed by atoms with Gasteiger partial charge in [-0.3, -0.25) is 0 Å². The third-order valence-corrected chi connectivity index (χ3v) is 6.77. The number of unbranched alkanes of at least 4 members (excludes halogenated alkanes) is 2. The Hall–Kier alpha value is -3.22. The highest BCUT2D eigenvalue weighted by Crippen LogP contribution is 2.34. The van der Waals surface area contributed by atoms with Crippen molar-refractivity contribution in [2.75, 3.05) is 13.2 Å². The smallest absolute Gasteiger partial charge is 0.398 e. The SMILES string of the molecule is C=C(C)C(=O)OCC(COc1ccc2cc(-c3ccc(CCCCC)cc3CC)n(CC)c2c1)C(F)(F)F. The molecule has 0 saturated carbocycles. The van der Waals surface area contributed by atoms with E-state index < -0.39 is 31.3 Å². The second kappa shape index (κ2) is 13.0. The average molecular weight is 530 g/mol.